The highest BCUT2D eigenvalue weighted by atomic mass is 35.5. The molecule has 94 valence electrons. The van der Waals surface area contributed by atoms with Crippen LogP contribution >= 0.6 is 34.8 Å². The number of hydrogen-bond acceptors (Lipinski definition) is 3. The van der Waals surface area contributed by atoms with Crippen LogP contribution in [0.1, 0.15) is 5.56 Å². The molecule has 18 heavy (non-hydrogen) atoms. The molecule has 0 radical (unpaired) electrons. The number of rotatable bonds is 3. The second kappa shape index (κ2) is 5.76. The highest BCUT2D eigenvalue weighted by Gasteiger charge is 2.10. The standard InChI is InChI=1S/C12H9Cl3N2O/c13-8-2-1-3-10(11(8)15)18-12-9(14)4-7(5-16)6-17-12/h1-4,6H,5,16H2. The maximum atomic E-state index is 6.03. The lowest BCUT2D eigenvalue weighted by Gasteiger charge is -2.09. The molecule has 2 aromatic rings. The second-order valence-electron chi connectivity index (χ2n) is 3.49. The van der Waals surface area contributed by atoms with Gasteiger partial charge in [-0.25, -0.2) is 4.98 Å². The van der Waals surface area contributed by atoms with Crippen molar-refractivity contribution in [3.8, 4) is 11.6 Å². The van der Waals surface area contributed by atoms with E-state index in [-0.39, 0.29) is 5.88 Å². The van der Waals surface area contributed by atoms with Gasteiger partial charge in [-0.15, -0.1) is 0 Å². The van der Waals surface area contributed by atoms with Crippen molar-refractivity contribution in [1.29, 1.82) is 0 Å². The van der Waals surface area contributed by atoms with Crippen LogP contribution in [0.4, 0.5) is 0 Å². The average Bonchev–Trinajstić information content (AvgIpc) is 2.37. The van der Waals surface area contributed by atoms with Crippen molar-refractivity contribution < 1.29 is 4.74 Å². The molecule has 2 rings (SSSR count). The minimum Gasteiger partial charge on any atom is -0.436 e. The molecular weight excluding hydrogens is 295 g/mol. The Kier molecular flexibility index (Phi) is 4.30. The van der Waals surface area contributed by atoms with Crippen molar-refractivity contribution in [3.05, 3.63) is 51.1 Å². The van der Waals surface area contributed by atoms with Crippen molar-refractivity contribution >= 4 is 34.8 Å². The van der Waals surface area contributed by atoms with Crippen molar-refractivity contribution in [1.82, 2.24) is 4.98 Å². The van der Waals surface area contributed by atoms with E-state index in [1.165, 1.54) is 0 Å². The number of nitrogens with zero attached hydrogens (tertiary/aromatic N) is 1. The van der Waals surface area contributed by atoms with Gasteiger partial charge in [-0.1, -0.05) is 40.9 Å². The van der Waals surface area contributed by atoms with Crippen molar-refractivity contribution in [2.75, 3.05) is 0 Å². The Hall–Kier alpha value is -1.000. The van der Waals surface area contributed by atoms with Crippen LogP contribution in [0.15, 0.2) is 30.5 Å². The quantitative estimate of drug-likeness (QED) is 0.920. The lowest BCUT2D eigenvalue weighted by molar-refractivity contribution is 0.463. The molecule has 0 bridgehead atoms. The zero-order valence-electron chi connectivity index (χ0n) is 9.16. The number of pyridine rings is 1. The van der Waals surface area contributed by atoms with Gasteiger partial charge in [-0.2, -0.15) is 0 Å². The van der Waals surface area contributed by atoms with Gasteiger partial charge in [0.2, 0.25) is 5.88 Å². The monoisotopic (exact) mass is 302 g/mol. The summed E-state index contributed by atoms with van der Waals surface area (Å²) in [4.78, 5) is 4.08. The molecule has 0 fully saturated rings. The fraction of sp³-hybridized carbons (Fsp3) is 0.0833. The molecule has 0 atom stereocenters. The first kappa shape index (κ1) is 13.4. The Morgan fingerprint density at radius 2 is 1.94 bits per heavy atom. The molecule has 1 heterocycles. The van der Waals surface area contributed by atoms with Crippen LogP contribution in [-0.4, -0.2) is 4.98 Å². The zero-order valence-corrected chi connectivity index (χ0v) is 11.4. The normalized spacial score (nSPS) is 10.4. The SMILES string of the molecule is NCc1cnc(Oc2cccc(Cl)c2Cl)c(Cl)c1. The van der Waals surface area contributed by atoms with Crippen LogP contribution in [-0.2, 0) is 6.54 Å². The van der Waals surface area contributed by atoms with Gasteiger partial charge in [0.1, 0.15) is 15.8 Å². The van der Waals surface area contributed by atoms with E-state index >= 15 is 0 Å². The van der Waals surface area contributed by atoms with Gasteiger partial charge in [0.15, 0.2) is 0 Å². The van der Waals surface area contributed by atoms with Crippen molar-refractivity contribution in [3.63, 3.8) is 0 Å². The van der Waals surface area contributed by atoms with Gasteiger partial charge in [-0.05, 0) is 23.8 Å². The molecule has 0 unspecified atom stereocenters. The van der Waals surface area contributed by atoms with Gasteiger partial charge in [0.05, 0.1) is 5.02 Å². The Balaban J connectivity index is 2.31. The predicted molar refractivity (Wildman–Crippen MR) is 73.7 cm³/mol. The average molecular weight is 304 g/mol. The highest BCUT2D eigenvalue weighted by molar-refractivity contribution is 6.43. The molecule has 1 aromatic heterocycles. The Bertz CT molecular complexity index is 575. The van der Waals surface area contributed by atoms with Gasteiger partial charge in [0, 0.05) is 12.7 Å². The summed E-state index contributed by atoms with van der Waals surface area (Å²) in [5.74, 6) is 0.664. The topological polar surface area (TPSA) is 48.1 Å². The summed E-state index contributed by atoms with van der Waals surface area (Å²) in [5, 5.41) is 1.10. The van der Waals surface area contributed by atoms with Crippen molar-refractivity contribution in [2.24, 2.45) is 5.73 Å². The van der Waals surface area contributed by atoms with E-state index in [9.17, 15) is 0 Å². The molecule has 2 N–H and O–H groups in total. The van der Waals surface area contributed by atoms with E-state index in [0.29, 0.717) is 27.4 Å². The third kappa shape index (κ3) is 2.87. The number of ether oxygens (including phenoxy) is 1. The molecule has 1 aromatic carbocycles. The highest BCUT2D eigenvalue weighted by Crippen LogP contribution is 2.36. The van der Waals surface area contributed by atoms with Crippen LogP contribution in [0, 0.1) is 0 Å². The maximum Gasteiger partial charge on any atom is 0.238 e. The summed E-state index contributed by atoms with van der Waals surface area (Å²) in [7, 11) is 0. The number of benzene rings is 1. The van der Waals surface area contributed by atoms with Crippen LogP contribution in [0.3, 0.4) is 0 Å². The Morgan fingerprint density at radius 1 is 1.17 bits per heavy atom. The van der Waals surface area contributed by atoms with Crippen LogP contribution in [0.5, 0.6) is 11.6 Å². The lowest BCUT2D eigenvalue weighted by Crippen LogP contribution is -1.98. The fourth-order valence-electron chi connectivity index (χ4n) is 1.32. The molecule has 0 saturated heterocycles. The number of aromatic nitrogens is 1. The van der Waals surface area contributed by atoms with Crippen LogP contribution in [0.25, 0.3) is 0 Å². The molecule has 0 aliphatic rings. The third-order valence-electron chi connectivity index (χ3n) is 2.22. The summed E-state index contributed by atoms with van der Waals surface area (Å²) in [5.41, 5.74) is 6.31. The minimum atomic E-state index is 0.262. The molecule has 0 aliphatic heterocycles. The van der Waals surface area contributed by atoms with Gasteiger partial charge < -0.3 is 10.5 Å². The lowest BCUT2D eigenvalue weighted by atomic mass is 10.3. The minimum absolute atomic E-state index is 0.262. The zero-order chi connectivity index (χ0) is 13.1. The number of nitrogens with two attached hydrogens (primary N) is 1. The first-order chi connectivity index (χ1) is 8.61. The van der Waals surface area contributed by atoms with Gasteiger partial charge in [-0.3, -0.25) is 0 Å². The molecule has 0 saturated carbocycles. The summed E-state index contributed by atoms with van der Waals surface area (Å²) >= 11 is 17.9. The largest absolute Gasteiger partial charge is 0.436 e. The van der Waals surface area contributed by atoms with Gasteiger partial charge >= 0.3 is 0 Å². The number of halogens is 3. The summed E-state index contributed by atoms with van der Waals surface area (Å²) < 4.78 is 5.52. The van der Waals surface area contributed by atoms with E-state index in [1.807, 2.05) is 0 Å². The summed E-state index contributed by atoms with van der Waals surface area (Å²) in [6, 6.07) is 6.78. The van der Waals surface area contributed by atoms with E-state index in [4.69, 9.17) is 45.3 Å². The molecular formula is C12H9Cl3N2O. The van der Waals surface area contributed by atoms with Gasteiger partial charge in [0.25, 0.3) is 0 Å². The Morgan fingerprint density at radius 3 is 2.61 bits per heavy atom. The smallest absolute Gasteiger partial charge is 0.238 e. The Labute approximate surface area is 119 Å². The molecule has 0 spiro atoms. The van der Waals surface area contributed by atoms with Crippen molar-refractivity contribution in [2.45, 2.75) is 6.54 Å². The maximum absolute atomic E-state index is 6.03. The van der Waals surface area contributed by atoms with E-state index in [0.717, 1.165) is 5.56 Å². The molecule has 0 aliphatic carbocycles. The number of hydrogen-bond donors (Lipinski definition) is 1. The molecule has 0 amide bonds. The summed E-state index contributed by atoms with van der Waals surface area (Å²) in [6.07, 6.45) is 1.60. The second-order valence-corrected chi connectivity index (χ2v) is 4.68. The van der Waals surface area contributed by atoms with Crippen LogP contribution < -0.4 is 10.5 Å². The third-order valence-corrected chi connectivity index (χ3v) is 3.29. The fourth-order valence-corrected chi connectivity index (χ4v) is 1.88. The van der Waals surface area contributed by atoms with E-state index < -0.39 is 0 Å². The first-order valence-electron chi connectivity index (χ1n) is 5.08. The molecule has 6 heteroatoms. The first-order valence-corrected chi connectivity index (χ1v) is 6.21. The predicted octanol–water partition coefficient (Wildman–Crippen LogP) is 4.29. The molecule has 3 nitrogen and oxygen atoms in total. The van der Waals surface area contributed by atoms with Crippen LogP contribution in [0.2, 0.25) is 15.1 Å². The summed E-state index contributed by atoms with van der Waals surface area (Å²) in [6.45, 7) is 0.366. The van der Waals surface area contributed by atoms with E-state index in [1.54, 1.807) is 30.5 Å². The van der Waals surface area contributed by atoms with E-state index in [2.05, 4.69) is 4.98 Å².